The van der Waals surface area contributed by atoms with E-state index < -0.39 is 0 Å². The minimum absolute atomic E-state index is 0.0652. The summed E-state index contributed by atoms with van der Waals surface area (Å²) in [4.78, 5) is 28.6. The normalized spacial score (nSPS) is 19.6. The number of likely N-dealkylation sites (tertiary alicyclic amines) is 1. The molecule has 0 aliphatic carbocycles. The summed E-state index contributed by atoms with van der Waals surface area (Å²) in [5.41, 5.74) is 2.65. The Balaban J connectivity index is 1.80. The summed E-state index contributed by atoms with van der Waals surface area (Å²) >= 11 is 0. The zero-order valence-electron chi connectivity index (χ0n) is 14.6. The quantitative estimate of drug-likeness (QED) is 0.837. The Morgan fingerprint density at radius 1 is 1.28 bits per heavy atom. The maximum atomic E-state index is 12.9. The Kier molecular flexibility index (Phi) is 5.53. The number of fused-ring (bicyclic) bond motifs is 1. The second kappa shape index (κ2) is 7.83. The van der Waals surface area contributed by atoms with Crippen molar-refractivity contribution in [3.05, 3.63) is 42.0 Å². The van der Waals surface area contributed by atoms with Gasteiger partial charge >= 0.3 is 0 Å². The molecule has 1 N–H and O–H groups in total. The van der Waals surface area contributed by atoms with Gasteiger partial charge in [0, 0.05) is 37.0 Å². The maximum Gasteiger partial charge on any atom is 0.254 e. The molecule has 1 atom stereocenters. The third kappa shape index (κ3) is 3.61. The van der Waals surface area contributed by atoms with Crippen LogP contribution in [0, 0.1) is 0 Å². The van der Waals surface area contributed by atoms with Crippen molar-refractivity contribution in [3.63, 3.8) is 0 Å². The number of carbonyl (C=O) groups is 2. The van der Waals surface area contributed by atoms with Crippen LogP contribution in [-0.4, -0.2) is 47.6 Å². The first-order chi connectivity index (χ1) is 12.2. The fraction of sp³-hybridized carbons (Fsp3) is 0.500. The van der Waals surface area contributed by atoms with Crippen molar-refractivity contribution in [3.8, 4) is 0 Å². The van der Waals surface area contributed by atoms with Crippen molar-refractivity contribution in [2.75, 3.05) is 24.6 Å². The number of anilines is 1. The molecule has 0 radical (unpaired) electrons. The predicted molar refractivity (Wildman–Crippen MR) is 97.7 cm³/mol. The van der Waals surface area contributed by atoms with Gasteiger partial charge in [-0.05, 0) is 68.4 Å². The average molecular weight is 342 g/mol. The minimum atomic E-state index is -0.0939. The Bertz CT molecular complexity index is 671. The molecule has 2 aliphatic rings. The van der Waals surface area contributed by atoms with Crippen molar-refractivity contribution in [1.82, 2.24) is 4.90 Å². The number of hydrogen-bond acceptors (Lipinski definition) is 3. The van der Waals surface area contributed by atoms with Gasteiger partial charge in [0.15, 0.2) is 0 Å². The van der Waals surface area contributed by atoms with Gasteiger partial charge in [-0.3, -0.25) is 9.59 Å². The fourth-order valence-electron chi connectivity index (χ4n) is 3.97. The van der Waals surface area contributed by atoms with E-state index in [1.807, 2.05) is 23.1 Å². The van der Waals surface area contributed by atoms with Crippen molar-refractivity contribution in [2.45, 2.75) is 44.6 Å². The van der Waals surface area contributed by atoms with Crippen LogP contribution in [0.25, 0.3) is 0 Å². The molecule has 1 fully saturated rings. The molecule has 1 aromatic carbocycles. The van der Waals surface area contributed by atoms with Gasteiger partial charge in [-0.15, -0.1) is 0 Å². The van der Waals surface area contributed by atoms with Crippen LogP contribution in [0.1, 0.15) is 48.0 Å². The van der Waals surface area contributed by atoms with E-state index in [1.54, 1.807) is 4.90 Å². The molecule has 1 unspecified atom stereocenters. The lowest BCUT2D eigenvalue weighted by atomic mass is 9.98. The van der Waals surface area contributed by atoms with Crippen molar-refractivity contribution >= 4 is 17.5 Å². The summed E-state index contributed by atoms with van der Waals surface area (Å²) in [6, 6.07) is 5.90. The van der Waals surface area contributed by atoms with E-state index >= 15 is 0 Å². The molecule has 2 heterocycles. The topological polar surface area (TPSA) is 60.9 Å². The average Bonchev–Trinajstić information content (AvgIpc) is 3.12. The van der Waals surface area contributed by atoms with Gasteiger partial charge in [0.05, 0.1) is 0 Å². The first-order valence-electron chi connectivity index (χ1n) is 9.14. The summed E-state index contributed by atoms with van der Waals surface area (Å²) < 4.78 is 0. The van der Waals surface area contributed by atoms with Crippen molar-refractivity contribution in [2.24, 2.45) is 0 Å². The fourth-order valence-corrected chi connectivity index (χ4v) is 3.97. The third-order valence-electron chi connectivity index (χ3n) is 5.22. The summed E-state index contributed by atoms with van der Waals surface area (Å²) in [5.74, 6) is -0.0287. The van der Waals surface area contributed by atoms with E-state index in [-0.39, 0.29) is 24.5 Å². The first-order valence-corrected chi connectivity index (χ1v) is 9.14. The van der Waals surface area contributed by atoms with Crippen LogP contribution in [0.5, 0.6) is 0 Å². The van der Waals surface area contributed by atoms with E-state index in [4.69, 9.17) is 5.11 Å². The molecule has 0 aromatic heterocycles. The van der Waals surface area contributed by atoms with Crippen LogP contribution in [0.4, 0.5) is 5.69 Å². The molecule has 0 saturated carbocycles. The zero-order chi connectivity index (χ0) is 17.8. The Labute approximate surface area is 148 Å². The number of aliphatic hydroxyl groups excluding tert-OH is 1. The van der Waals surface area contributed by atoms with Crippen LogP contribution < -0.4 is 4.90 Å². The third-order valence-corrected chi connectivity index (χ3v) is 5.22. The molecule has 2 amide bonds. The largest absolute Gasteiger partial charge is 0.396 e. The maximum absolute atomic E-state index is 12.9. The second-order valence-electron chi connectivity index (χ2n) is 6.80. The molecule has 5 heteroatoms. The van der Waals surface area contributed by atoms with Gasteiger partial charge < -0.3 is 14.9 Å². The summed E-state index contributed by atoms with van der Waals surface area (Å²) in [6.07, 6.45) is 6.74. The number of rotatable bonds is 5. The van der Waals surface area contributed by atoms with Gasteiger partial charge in [-0.2, -0.15) is 0 Å². The zero-order valence-corrected chi connectivity index (χ0v) is 14.6. The van der Waals surface area contributed by atoms with Crippen LogP contribution in [0.3, 0.4) is 0 Å². The van der Waals surface area contributed by atoms with E-state index in [0.717, 1.165) is 56.3 Å². The van der Waals surface area contributed by atoms with Crippen molar-refractivity contribution < 1.29 is 14.7 Å². The van der Waals surface area contributed by atoms with Crippen LogP contribution in [0.15, 0.2) is 30.9 Å². The van der Waals surface area contributed by atoms with E-state index in [2.05, 4.69) is 6.58 Å². The molecule has 3 rings (SSSR count). The highest BCUT2D eigenvalue weighted by Crippen LogP contribution is 2.30. The molecule has 2 aliphatic heterocycles. The highest BCUT2D eigenvalue weighted by molar-refractivity contribution is 6.02. The lowest BCUT2D eigenvalue weighted by Crippen LogP contribution is -2.36. The second-order valence-corrected chi connectivity index (χ2v) is 6.80. The number of hydrogen-bond donors (Lipinski definition) is 1. The molecule has 134 valence electrons. The molecule has 1 saturated heterocycles. The number of amides is 2. The summed E-state index contributed by atoms with van der Waals surface area (Å²) in [5, 5.41) is 9.05. The number of carbonyl (C=O) groups excluding carboxylic acids is 2. The van der Waals surface area contributed by atoms with Gasteiger partial charge in [0.25, 0.3) is 5.91 Å². The molecule has 0 spiro atoms. The monoisotopic (exact) mass is 342 g/mol. The van der Waals surface area contributed by atoms with Crippen molar-refractivity contribution in [1.29, 1.82) is 0 Å². The van der Waals surface area contributed by atoms with E-state index in [1.165, 1.54) is 6.08 Å². The van der Waals surface area contributed by atoms with E-state index in [9.17, 15) is 9.59 Å². The lowest BCUT2D eigenvalue weighted by molar-refractivity contribution is -0.114. The van der Waals surface area contributed by atoms with Crippen LogP contribution in [0.2, 0.25) is 0 Å². The first kappa shape index (κ1) is 17.7. The standard InChI is InChI=1S/C20H26N2O3/c1-2-19(24)22-12-3-6-15-14-16(9-10-18(15)22)20(25)21-11-4-7-17(21)8-5-13-23/h2,9-10,14,17,23H,1,3-8,11-13H2. The number of aryl methyl sites for hydroxylation is 1. The minimum Gasteiger partial charge on any atom is -0.396 e. The van der Waals surface area contributed by atoms with Gasteiger partial charge in [0.2, 0.25) is 5.91 Å². The molecule has 0 bridgehead atoms. The lowest BCUT2D eigenvalue weighted by Gasteiger charge is -2.30. The van der Waals surface area contributed by atoms with Crippen LogP contribution in [-0.2, 0) is 11.2 Å². The molecular formula is C20H26N2O3. The molecule has 25 heavy (non-hydrogen) atoms. The van der Waals surface area contributed by atoms with E-state index in [0.29, 0.717) is 12.1 Å². The SMILES string of the molecule is C=CC(=O)N1CCCc2cc(C(=O)N3CCCC3CCCO)ccc21. The molecule has 5 nitrogen and oxygen atoms in total. The Hall–Kier alpha value is -2.14. The smallest absolute Gasteiger partial charge is 0.254 e. The Morgan fingerprint density at radius 2 is 2.12 bits per heavy atom. The van der Waals surface area contributed by atoms with Gasteiger partial charge in [-0.25, -0.2) is 0 Å². The summed E-state index contributed by atoms with van der Waals surface area (Å²) in [7, 11) is 0. The highest BCUT2D eigenvalue weighted by atomic mass is 16.3. The number of benzene rings is 1. The molecule has 1 aromatic rings. The summed E-state index contributed by atoms with van der Waals surface area (Å²) in [6.45, 7) is 5.22. The Morgan fingerprint density at radius 3 is 2.88 bits per heavy atom. The van der Waals surface area contributed by atoms with Gasteiger partial charge in [0.1, 0.15) is 0 Å². The highest BCUT2D eigenvalue weighted by Gasteiger charge is 2.30. The molecular weight excluding hydrogens is 316 g/mol. The number of nitrogens with zero attached hydrogens (tertiary/aromatic N) is 2. The van der Waals surface area contributed by atoms with Gasteiger partial charge in [-0.1, -0.05) is 6.58 Å². The number of aliphatic hydroxyl groups is 1. The van der Waals surface area contributed by atoms with Crippen LogP contribution >= 0.6 is 0 Å². The predicted octanol–water partition coefficient (Wildman–Crippen LogP) is 2.53.